The first-order chi connectivity index (χ1) is 12.2. The van der Waals surface area contributed by atoms with Gasteiger partial charge in [-0.15, -0.1) is 0 Å². The van der Waals surface area contributed by atoms with E-state index in [0.29, 0.717) is 13.0 Å². The molecule has 0 aromatic heterocycles. The van der Waals surface area contributed by atoms with Gasteiger partial charge in [0.2, 0.25) is 10.0 Å². The molecule has 0 atom stereocenters. The Labute approximate surface area is 154 Å². The van der Waals surface area contributed by atoms with Crippen molar-refractivity contribution in [2.24, 2.45) is 5.14 Å². The molecule has 144 valence electrons. The highest BCUT2D eigenvalue weighted by Gasteiger charge is 2.27. The van der Waals surface area contributed by atoms with Gasteiger partial charge in [0.05, 0.1) is 4.90 Å². The van der Waals surface area contributed by atoms with Crippen LogP contribution in [0.25, 0.3) is 0 Å². The summed E-state index contributed by atoms with van der Waals surface area (Å²) in [5.74, 6) is -1.14. The molecule has 3 N–H and O–H groups in total. The lowest BCUT2D eigenvalue weighted by Gasteiger charge is -2.34. The minimum atomic E-state index is -3.71. The van der Waals surface area contributed by atoms with E-state index in [9.17, 15) is 18.0 Å². The number of likely N-dealkylation sites (tertiary alicyclic amines) is 1. The van der Waals surface area contributed by atoms with Crippen molar-refractivity contribution >= 4 is 21.8 Å². The minimum absolute atomic E-state index is 0.0419. The minimum Gasteiger partial charge on any atom is -0.347 e. The van der Waals surface area contributed by atoms with Crippen LogP contribution in [-0.2, 0) is 26.0 Å². The third-order valence-electron chi connectivity index (χ3n) is 4.70. The second kappa shape index (κ2) is 8.61. The van der Waals surface area contributed by atoms with E-state index in [4.69, 9.17) is 5.14 Å². The highest BCUT2D eigenvalue weighted by atomic mass is 32.2. The summed E-state index contributed by atoms with van der Waals surface area (Å²) >= 11 is 0. The number of piperidine rings is 1. The number of nitrogens with zero attached hydrogens (tertiary/aromatic N) is 2. The molecule has 2 amide bonds. The molecule has 2 rings (SSSR count). The maximum Gasteiger partial charge on any atom is 0.311 e. The maximum atomic E-state index is 12.2. The van der Waals surface area contributed by atoms with Crippen molar-refractivity contribution in [3.8, 4) is 0 Å². The quantitative estimate of drug-likeness (QED) is 0.670. The molecular weight excluding hydrogens is 356 g/mol. The Bertz CT molecular complexity index is 741. The van der Waals surface area contributed by atoms with E-state index in [1.807, 2.05) is 7.05 Å². The van der Waals surface area contributed by atoms with Crippen LogP contribution < -0.4 is 10.5 Å². The van der Waals surface area contributed by atoms with E-state index in [0.717, 1.165) is 31.5 Å². The van der Waals surface area contributed by atoms with Gasteiger partial charge in [-0.1, -0.05) is 12.1 Å². The fraction of sp³-hybridized carbons (Fsp3) is 0.529. The van der Waals surface area contributed by atoms with Crippen LogP contribution in [0.15, 0.2) is 29.2 Å². The summed E-state index contributed by atoms with van der Waals surface area (Å²) in [5, 5.41) is 7.67. The van der Waals surface area contributed by atoms with Crippen molar-refractivity contribution in [2.75, 3.05) is 33.7 Å². The van der Waals surface area contributed by atoms with Crippen LogP contribution in [0.4, 0.5) is 0 Å². The molecule has 1 fully saturated rings. The smallest absolute Gasteiger partial charge is 0.311 e. The number of rotatable bonds is 5. The summed E-state index contributed by atoms with van der Waals surface area (Å²) in [4.78, 5) is 28.1. The Hall–Kier alpha value is -1.97. The molecule has 0 radical (unpaired) electrons. The van der Waals surface area contributed by atoms with Gasteiger partial charge in [-0.3, -0.25) is 9.59 Å². The second-order valence-electron chi connectivity index (χ2n) is 6.65. The monoisotopic (exact) mass is 382 g/mol. The van der Waals surface area contributed by atoms with Gasteiger partial charge in [-0.2, -0.15) is 0 Å². The second-order valence-corrected chi connectivity index (χ2v) is 8.21. The Balaban J connectivity index is 1.80. The number of nitrogens with two attached hydrogens (primary N) is 1. The van der Waals surface area contributed by atoms with Gasteiger partial charge in [-0.05, 0) is 57.1 Å². The Kier molecular flexibility index (Phi) is 6.74. The summed E-state index contributed by atoms with van der Waals surface area (Å²) in [6.45, 7) is 2.12. The third kappa shape index (κ3) is 5.52. The molecule has 1 aromatic rings. The first-order valence-electron chi connectivity index (χ1n) is 8.54. The lowest BCUT2D eigenvalue weighted by molar-refractivity contribution is -0.146. The molecule has 1 saturated heterocycles. The van der Waals surface area contributed by atoms with Gasteiger partial charge in [0.1, 0.15) is 0 Å². The van der Waals surface area contributed by atoms with E-state index >= 15 is 0 Å². The van der Waals surface area contributed by atoms with Gasteiger partial charge in [0.15, 0.2) is 0 Å². The van der Waals surface area contributed by atoms with Crippen molar-refractivity contribution in [1.29, 1.82) is 0 Å². The zero-order valence-electron chi connectivity index (χ0n) is 15.1. The van der Waals surface area contributed by atoms with Gasteiger partial charge < -0.3 is 15.1 Å². The standard InChI is InChI=1S/C17H26N4O4S/c1-20-11-8-14(9-12-20)21(2)17(23)16(22)19-10-7-13-3-5-15(6-4-13)26(18,24)25/h3-6,14H,7-12H2,1-2H3,(H,19,22)(H2,18,24,25). The van der Waals surface area contributed by atoms with Crippen LogP contribution in [0, 0.1) is 0 Å². The van der Waals surface area contributed by atoms with Gasteiger partial charge in [0, 0.05) is 19.6 Å². The predicted octanol–water partition coefficient (Wildman–Crippen LogP) is -0.455. The van der Waals surface area contributed by atoms with E-state index in [1.54, 1.807) is 19.2 Å². The number of hydrogen-bond donors (Lipinski definition) is 2. The van der Waals surface area contributed by atoms with Gasteiger partial charge in [-0.25, -0.2) is 13.6 Å². The molecule has 1 aliphatic rings. The van der Waals surface area contributed by atoms with Crippen molar-refractivity contribution < 1.29 is 18.0 Å². The van der Waals surface area contributed by atoms with Crippen molar-refractivity contribution in [3.63, 3.8) is 0 Å². The van der Waals surface area contributed by atoms with Gasteiger partial charge >= 0.3 is 11.8 Å². The fourth-order valence-corrected chi connectivity index (χ4v) is 3.47. The highest BCUT2D eigenvalue weighted by molar-refractivity contribution is 7.89. The number of hydrogen-bond acceptors (Lipinski definition) is 5. The van der Waals surface area contributed by atoms with Crippen LogP contribution in [0.1, 0.15) is 18.4 Å². The van der Waals surface area contributed by atoms with Crippen LogP contribution in [-0.4, -0.2) is 69.8 Å². The van der Waals surface area contributed by atoms with E-state index in [1.165, 1.54) is 17.0 Å². The van der Waals surface area contributed by atoms with Crippen LogP contribution in [0.5, 0.6) is 0 Å². The topological polar surface area (TPSA) is 113 Å². The van der Waals surface area contributed by atoms with Crippen molar-refractivity contribution in [3.05, 3.63) is 29.8 Å². The van der Waals surface area contributed by atoms with Crippen LogP contribution in [0.3, 0.4) is 0 Å². The summed E-state index contributed by atoms with van der Waals surface area (Å²) in [7, 11) is 0.000939. The highest BCUT2D eigenvalue weighted by Crippen LogP contribution is 2.14. The molecule has 8 nitrogen and oxygen atoms in total. The number of amides is 2. The molecule has 0 spiro atoms. The average molecular weight is 382 g/mol. The Morgan fingerprint density at radius 3 is 2.35 bits per heavy atom. The normalized spacial score (nSPS) is 16.3. The van der Waals surface area contributed by atoms with Crippen molar-refractivity contribution in [1.82, 2.24) is 15.1 Å². The molecule has 0 aliphatic carbocycles. The Morgan fingerprint density at radius 2 is 1.81 bits per heavy atom. The number of likely N-dealkylation sites (N-methyl/N-ethyl adjacent to an activating group) is 1. The lowest BCUT2D eigenvalue weighted by Crippen LogP contribution is -2.49. The molecule has 0 saturated carbocycles. The number of carbonyl (C=O) groups is 2. The van der Waals surface area contributed by atoms with E-state index in [-0.39, 0.29) is 10.9 Å². The number of carbonyl (C=O) groups excluding carboxylic acids is 2. The summed E-state index contributed by atoms with van der Waals surface area (Å²) < 4.78 is 22.4. The van der Waals surface area contributed by atoms with E-state index in [2.05, 4.69) is 10.2 Å². The zero-order valence-corrected chi connectivity index (χ0v) is 16.0. The Morgan fingerprint density at radius 1 is 1.23 bits per heavy atom. The molecule has 0 bridgehead atoms. The number of sulfonamides is 1. The SMILES string of the molecule is CN1CCC(N(C)C(=O)C(=O)NCCc2ccc(S(N)(=O)=O)cc2)CC1. The number of primary sulfonamides is 1. The summed E-state index contributed by atoms with van der Waals surface area (Å²) in [6, 6.07) is 6.21. The zero-order chi connectivity index (χ0) is 19.3. The maximum absolute atomic E-state index is 12.2. The number of nitrogens with one attached hydrogen (secondary N) is 1. The molecule has 9 heteroatoms. The molecule has 26 heavy (non-hydrogen) atoms. The van der Waals surface area contributed by atoms with Crippen LogP contribution in [0.2, 0.25) is 0 Å². The lowest BCUT2D eigenvalue weighted by atomic mass is 10.0. The third-order valence-corrected chi connectivity index (χ3v) is 5.63. The van der Waals surface area contributed by atoms with E-state index < -0.39 is 21.8 Å². The number of benzene rings is 1. The summed E-state index contributed by atoms with van der Waals surface area (Å²) in [6.07, 6.45) is 2.21. The molecule has 1 aliphatic heterocycles. The average Bonchev–Trinajstić information content (AvgIpc) is 2.60. The first kappa shape index (κ1) is 20.3. The summed E-state index contributed by atoms with van der Waals surface area (Å²) in [5.41, 5.74) is 0.842. The first-order valence-corrected chi connectivity index (χ1v) is 10.1. The van der Waals surface area contributed by atoms with Gasteiger partial charge in [0.25, 0.3) is 0 Å². The largest absolute Gasteiger partial charge is 0.347 e. The molecular formula is C17H26N4O4S. The molecule has 0 unspecified atom stereocenters. The predicted molar refractivity (Wildman–Crippen MR) is 97.8 cm³/mol. The molecule has 1 heterocycles. The van der Waals surface area contributed by atoms with Crippen LogP contribution >= 0.6 is 0 Å². The van der Waals surface area contributed by atoms with Crippen molar-refractivity contribution in [2.45, 2.75) is 30.2 Å². The molecule has 1 aromatic carbocycles. The fourth-order valence-electron chi connectivity index (χ4n) is 2.95.